The molecule has 2 aromatic rings. The predicted molar refractivity (Wildman–Crippen MR) is 90.6 cm³/mol. The maximum absolute atomic E-state index is 13.1. The Morgan fingerprint density at radius 1 is 1.39 bits per heavy atom. The maximum atomic E-state index is 13.1. The zero-order valence-corrected chi connectivity index (χ0v) is 14.5. The van der Waals surface area contributed by atoms with E-state index >= 15 is 0 Å². The van der Waals surface area contributed by atoms with Crippen molar-refractivity contribution in [3.63, 3.8) is 0 Å². The molecule has 1 saturated heterocycles. The molecule has 124 valence electrons. The normalized spacial score (nSPS) is 18.1. The fraction of sp³-hybridized carbons (Fsp3) is 0.556. The van der Waals surface area contributed by atoms with Crippen LogP contribution in [0.15, 0.2) is 24.5 Å². The molecule has 5 nitrogen and oxygen atoms in total. The first-order chi connectivity index (χ1) is 11.0. The van der Waals surface area contributed by atoms with Gasteiger partial charge < -0.3 is 9.47 Å². The number of hydrogen-bond acceptors (Lipinski definition) is 2. The molecule has 23 heavy (non-hydrogen) atoms. The van der Waals surface area contributed by atoms with Crippen molar-refractivity contribution >= 4 is 5.91 Å². The summed E-state index contributed by atoms with van der Waals surface area (Å²) in [5, 5.41) is 4.28. The Bertz CT molecular complexity index is 684. The Labute approximate surface area is 137 Å². The lowest BCUT2D eigenvalue weighted by Gasteiger charge is -2.25. The number of carbonyl (C=O) groups excluding carboxylic acids is 1. The number of nitrogens with zero attached hydrogens (tertiary/aromatic N) is 4. The number of likely N-dealkylation sites (tertiary alicyclic amines) is 1. The third kappa shape index (κ3) is 2.92. The lowest BCUT2D eigenvalue weighted by molar-refractivity contribution is 0.0720. The summed E-state index contributed by atoms with van der Waals surface area (Å²) in [5.41, 5.74) is 3.08. The molecule has 0 spiro atoms. The Kier molecular flexibility index (Phi) is 4.28. The van der Waals surface area contributed by atoms with Gasteiger partial charge >= 0.3 is 0 Å². The van der Waals surface area contributed by atoms with Gasteiger partial charge in [0.1, 0.15) is 0 Å². The number of rotatable bonds is 4. The lowest BCUT2D eigenvalue weighted by atomic mass is 10.1. The smallest absolute Gasteiger partial charge is 0.255 e. The van der Waals surface area contributed by atoms with Gasteiger partial charge in [-0.3, -0.25) is 9.48 Å². The summed E-state index contributed by atoms with van der Waals surface area (Å²) in [6, 6.07) is 4.58. The number of aryl methyl sites for hydroxylation is 1. The van der Waals surface area contributed by atoms with E-state index in [1.807, 2.05) is 27.9 Å². The average molecular weight is 314 g/mol. The van der Waals surface area contributed by atoms with Crippen molar-refractivity contribution < 1.29 is 4.79 Å². The second-order valence-corrected chi connectivity index (χ2v) is 6.77. The Morgan fingerprint density at radius 2 is 2.17 bits per heavy atom. The summed E-state index contributed by atoms with van der Waals surface area (Å²) in [6.45, 7) is 10.1. The molecule has 1 atom stereocenters. The van der Waals surface area contributed by atoms with Crippen LogP contribution in [0.4, 0.5) is 0 Å². The van der Waals surface area contributed by atoms with Crippen LogP contribution in [-0.4, -0.2) is 37.7 Å². The molecule has 1 amide bonds. The van der Waals surface area contributed by atoms with Gasteiger partial charge in [-0.15, -0.1) is 0 Å². The van der Waals surface area contributed by atoms with Gasteiger partial charge in [-0.05, 0) is 52.7 Å². The van der Waals surface area contributed by atoms with E-state index < -0.39 is 0 Å². The number of amides is 1. The molecule has 3 heterocycles. The van der Waals surface area contributed by atoms with E-state index in [-0.39, 0.29) is 11.9 Å². The number of aromatic nitrogens is 3. The monoisotopic (exact) mass is 314 g/mol. The Hall–Kier alpha value is -2.04. The molecule has 0 unspecified atom stereocenters. The van der Waals surface area contributed by atoms with E-state index in [4.69, 9.17) is 0 Å². The van der Waals surface area contributed by atoms with Crippen LogP contribution in [0, 0.1) is 13.8 Å². The third-order valence-corrected chi connectivity index (χ3v) is 4.83. The van der Waals surface area contributed by atoms with Gasteiger partial charge in [-0.25, -0.2) is 0 Å². The quantitative estimate of drug-likeness (QED) is 0.870. The van der Waals surface area contributed by atoms with Crippen molar-refractivity contribution in [1.29, 1.82) is 0 Å². The van der Waals surface area contributed by atoms with E-state index in [1.165, 1.54) is 0 Å². The topological polar surface area (TPSA) is 43.1 Å². The van der Waals surface area contributed by atoms with Crippen molar-refractivity contribution in [2.24, 2.45) is 0 Å². The number of carbonyl (C=O) groups is 1. The zero-order valence-electron chi connectivity index (χ0n) is 14.5. The highest BCUT2D eigenvalue weighted by atomic mass is 16.2. The van der Waals surface area contributed by atoms with E-state index in [9.17, 15) is 4.79 Å². The first-order valence-corrected chi connectivity index (χ1v) is 8.46. The largest absolute Gasteiger partial charge is 0.346 e. The average Bonchev–Trinajstić information content (AvgIpc) is 3.20. The van der Waals surface area contributed by atoms with Crippen LogP contribution in [0.2, 0.25) is 0 Å². The second kappa shape index (κ2) is 6.22. The molecule has 0 radical (unpaired) electrons. The molecular formula is C18H26N4O. The summed E-state index contributed by atoms with van der Waals surface area (Å²) in [6.07, 6.45) is 5.87. The third-order valence-electron chi connectivity index (χ3n) is 4.83. The minimum Gasteiger partial charge on any atom is -0.346 e. The van der Waals surface area contributed by atoms with Crippen molar-refractivity contribution in [2.45, 2.75) is 59.2 Å². The highest BCUT2D eigenvalue weighted by Gasteiger charge is 2.31. The van der Waals surface area contributed by atoms with Gasteiger partial charge in [-0.1, -0.05) is 0 Å². The van der Waals surface area contributed by atoms with Crippen molar-refractivity contribution in [2.75, 3.05) is 6.54 Å². The van der Waals surface area contributed by atoms with Gasteiger partial charge in [0.25, 0.3) is 5.91 Å². The van der Waals surface area contributed by atoms with Crippen LogP contribution >= 0.6 is 0 Å². The first kappa shape index (κ1) is 15.8. The van der Waals surface area contributed by atoms with Crippen LogP contribution in [0.1, 0.15) is 54.5 Å². The molecule has 0 aliphatic carbocycles. The Morgan fingerprint density at radius 3 is 2.78 bits per heavy atom. The van der Waals surface area contributed by atoms with Crippen LogP contribution in [0.25, 0.3) is 0 Å². The summed E-state index contributed by atoms with van der Waals surface area (Å²) >= 11 is 0. The minimum absolute atomic E-state index is 0.166. The van der Waals surface area contributed by atoms with Gasteiger partial charge in [0, 0.05) is 36.4 Å². The molecule has 1 aliphatic heterocycles. The van der Waals surface area contributed by atoms with Gasteiger partial charge in [0.05, 0.1) is 18.2 Å². The van der Waals surface area contributed by atoms with Crippen LogP contribution in [0.3, 0.4) is 0 Å². The van der Waals surface area contributed by atoms with E-state index in [0.29, 0.717) is 6.04 Å². The van der Waals surface area contributed by atoms with Crippen molar-refractivity contribution in [3.05, 3.63) is 41.5 Å². The lowest BCUT2D eigenvalue weighted by Crippen LogP contribution is -2.38. The molecule has 1 aliphatic rings. The summed E-state index contributed by atoms with van der Waals surface area (Å²) in [5.74, 6) is 0.166. The molecule has 3 rings (SSSR count). The summed E-state index contributed by atoms with van der Waals surface area (Å²) in [7, 11) is 0. The zero-order chi connectivity index (χ0) is 16.6. The minimum atomic E-state index is 0.166. The molecule has 0 aromatic carbocycles. The molecule has 0 saturated carbocycles. The number of hydrogen-bond donors (Lipinski definition) is 0. The molecule has 5 heteroatoms. The summed E-state index contributed by atoms with van der Waals surface area (Å²) in [4.78, 5) is 15.1. The fourth-order valence-electron chi connectivity index (χ4n) is 3.86. The van der Waals surface area contributed by atoms with Crippen LogP contribution < -0.4 is 0 Å². The Balaban J connectivity index is 1.83. The van der Waals surface area contributed by atoms with E-state index in [0.717, 1.165) is 42.9 Å². The highest BCUT2D eigenvalue weighted by molar-refractivity contribution is 5.96. The van der Waals surface area contributed by atoms with Gasteiger partial charge in [0.2, 0.25) is 0 Å². The van der Waals surface area contributed by atoms with Crippen molar-refractivity contribution in [3.8, 4) is 0 Å². The summed E-state index contributed by atoms with van der Waals surface area (Å²) < 4.78 is 4.17. The van der Waals surface area contributed by atoms with Crippen LogP contribution in [-0.2, 0) is 6.54 Å². The highest BCUT2D eigenvalue weighted by Crippen LogP contribution is 2.26. The predicted octanol–water partition coefficient (Wildman–Crippen LogP) is 3.19. The van der Waals surface area contributed by atoms with Crippen molar-refractivity contribution in [1.82, 2.24) is 19.2 Å². The van der Waals surface area contributed by atoms with Gasteiger partial charge in [0.15, 0.2) is 0 Å². The fourth-order valence-corrected chi connectivity index (χ4v) is 3.86. The van der Waals surface area contributed by atoms with Crippen LogP contribution in [0.5, 0.6) is 0 Å². The van der Waals surface area contributed by atoms with E-state index in [1.54, 1.807) is 6.20 Å². The van der Waals surface area contributed by atoms with E-state index in [2.05, 4.69) is 37.4 Å². The SMILES string of the molecule is Cc1cc(C(=O)N2CCC[C@H]2Cn2cccn2)c(C)n1C(C)C. The van der Waals surface area contributed by atoms with Gasteiger partial charge in [-0.2, -0.15) is 5.10 Å². The second-order valence-electron chi connectivity index (χ2n) is 6.77. The first-order valence-electron chi connectivity index (χ1n) is 8.46. The molecule has 0 bridgehead atoms. The molecular weight excluding hydrogens is 288 g/mol. The maximum Gasteiger partial charge on any atom is 0.255 e. The molecule has 2 aromatic heterocycles. The molecule has 1 fully saturated rings. The molecule has 0 N–H and O–H groups in total. The standard InChI is InChI=1S/C18H26N4O/c1-13(2)22-14(3)11-17(15(22)4)18(23)21-10-5-7-16(21)12-20-9-6-8-19-20/h6,8-9,11,13,16H,5,7,10,12H2,1-4H3/t16-/m0/s1.